The summed E-state index contributed by atoms with van der Waals surface area (Å²) in [4.78, 5) is 4.70. The summed E-state index contributed by atoms with van der Waals surface area (Å²) in [6.45, 7) is 13.6. The maximum Gasteiger partial charge on any atom is 2.00 e. The van der Waals surface area contributed by atoms with E-state index in [4.69, 9.17) is 14.8 Å². The van der Waals surface area contributed by atoms with Gasteiger partial charge < -0.3 is 9.30 Å². The van der Waals surface area contributed by atoms with Gasteiger partial charge in [-0.3, -0.25) is 4.68 Å². The second-order valence-corrected chi connectivity index (χ2v) is 13.5. The maximum atomic E-state index is 6.43. The minimum Gasteiger partial charge on any atom is -0.509 e. The smallest absolute Gasteiger partial charge is 0.509 e. The molecule has 3 heterocycles. The number of aryl methyl sites for hydroxylation is 2. The van der Waals surface area contributed by atoms with E-state index in [0.717, 1.165) is 70.1 Å². The van der Waals surface area contributed by atoms with Crippen molar-refractivity contribution in [2.45, 2.75) is 79.1 Å². The number of nitrogens with zero attached hydrogens (tertiary/aromatic N) is 4. The van der Waals surface area contributed by atoms with Crippen molar-refractivity contribution in [3.8, 4) is 34.1 Å². The third-order valence-corrected chi connectivity index (χ3v) is 9.63. The zero-order valence-corrected chi connectivity index (χ0v) is 32.0. The summed E-state index contributed by atoms with van der Waals surface area (Å²) < 4.78 is 10.5. The number of para-hydroxylation sites is 1. The molecule has 6 heteroatoms. The van der Waals surface area contributed by atoms with Crippen molar-refractivity contribution in [1.82, 2.24) is 19.3 Å². The molecule has 0 N–H and O–H groups in total. The third-order valence-electron chi connectivity index (χ3n) is 9.63. The summed E-state index contributed by atoms with van der Waals surface area (Å²) in [5.41, 5.74) is 10.6. The number of benzene rings is 4. The Labute approximate surface area is 310 Å². The van der Waals surface area contributed by atoms with Crippen molar-refractivity contribution in [2.75, 3.05) is 0 Å². The number of hydrogen-bond acceptors (Lipinski definition) is 3. The maximum absolute atomic E-state index is 6.43. The molecule has 0 aliphatic rings. The Balaban J connectivity index is 0.00000432. The van der Waals surface area contributed by atoms with Crippen LogP contribution in [0.3, 0.4) is 0 Å². The quantitative estimate of drug-likeness (QED) is 0.122. The molecule has 2 unspecified atom stereocenters. The second kappa shape index (κ2) is 15.2. The van der Waals surface area contributed by atoms with Gasteiger partial charge in [0.15, 0.2) is 0 Å². The van der Waals surface area contributed by atoms with Crippen LogP contribution in [0.4, 0.5) is 0 Å². The Bertz CT molecular complexity index is 2230. The Morgan fingerprint density at radius 2 is 1.48 bits per heavy atom. The van der Waals surface area contributed by atoms with Crippen LogP contribution >= 0.6 is 0 Å². The number of hydrogen-bond donors (Lipinski definition) is 0. The molecular formula is C44H44N4OPt. The van der Waals surface area contributed by atoms with Gasteiger partial charge >= 0.3 is 21.1 Å². The SMILES string of the molecule is CCCC(C)c1cc(C)cc(C(C)CCC)c1-c1cnn(-c2[c-]c(Oc3[c-]c4c(cc3)c3ccccc3n4-c3cc(C)ccn3)ccc2)c1.[Pt+2]. The van der Waals surface area contributed by atoms with Gasteiger partial charge in [0.1, 0.15) is 5.82 Å². The largest absolute Gasteiger partial charge is 2.00 e. The topological polar surface area (TPSA) is 44.9 Å². The van der Waals surface area contributed by atoms with Crippen molar-refractivity contribution in [1.29, 1.82) is 0 Å². The van der Waals surface area contributed by atoms with E-state index in [1.165, 1.54) is 22.3 Å². The van der Waals surface area contributed by atoms with E-state index in [0.29, 0.717) is 23.3 Å². The number of pyridine rings is 1. The van der Waals surface area contributed by atoms with E-state index in [9.17, 15) is 0 Å². The predicted octanol–water partition coefficient (Wildman–Crippen LogP) is 11.8. The van der Waals surface area contributed by atoms with Gasteiger partial charge in [0.05, 0.1) is 6.20 Å². The van der Waals surface area contributed by atoms with Crippen LogP contribution in [0.2, 0.25) is 0 Å². The first-order valence-electron chi connectivity index (χ1n) is 17.6. The van der Waals surface area contributed by atoms with Crippen molar-refractivity contribution in [3.05, 3.63) is 132 Å². The summed E-state index contributed by atoms with van der Waals surface area (Å²) in [5, 5.41) is 7.11. The van der Waals surface area contributed by atoms with Gasteiger partial charge in [0, 0.05) is 35.0 Å². The van der Waals surface area contributed by atoms with E-state index >= 15 is 0 Å². The molecule has 0 bridgehead atoms. The molecule has 2 atom stereocenters. The fourth-order valence-corrected chi connectivity index (χ4v) is 7.28. The molecule has 0 aliphatic carbocycles. The summed E-state index contributed by atoms with van der Waals surface area (Å²) in [6.07, 6.45) is 10.6. The summed E-state index contributed by atoms with van der Waals surface area (Å²) in [7, 11) is 0. The zero-order chi connectivity index (χ0) is 34.1. The van der Waals surface area contributed by atoms with E-state index in [1.807, 2.05) is 47.4 Å². The van der Waals surface area contributed by atoms with Crippen LogP contribution in [0.15, 0.2) is 97.5 Å². The molecule has 0 spiro atoms. The van der Waals surface area contributed by atoms with Gasteiger partial charge in [-0.1, -0.05) is 81.9 Å². The van der Waals surface area contributed by atoms with Gasteiger partial charge in [-0.05, 0) is 90.1 Å². The average molecular weight is 840 g/mol. The summed E-state index contributed by atoms with van der Waals surface area (Å²) in [6, 6.07) is 34.3. The van der Waals surface area contributed by atoms with E-state index in [2.05, 4.69) is 113 Å². The first kappa shape index (κ1) is 35.4. The number of fused-ring (bicyclic) bond motifs is 3. The minimum absolute atomic E-state index is 0. The Hall–Kier alpha value is -4.47. The monoisotopic (exact) mass is 839 g/mol. The van der Waals surface area contributed by atoms with Gasteiger partial charge in [0.2, 0.25) is 0 Å². The van der Waals surface area contributed by atoms with Gasteiger partial charge in [0.25, 0.3) is 0 Å². The van der Waals surface area contributed by atoms with Crippen LogP contribution in [0.1, 0.15) is 87.5 Å². The molecule has 0 saturated carbocycles. The molecule has 0 radical (unpaired) electrons. The normalized spacial score (nSPS) is 12.6. The van der Waals surface area contributed by atoms with E-state index in [1.54, 1.807) is 0 Å². The molecule has 256 valence electrons. The molecule has 0 fully saturated rings. The Morgan fingerprint density at radius 3 is 2.20 bits per heavy atom. The van der Waals surface area contributed by atoms with Crippen molar-refractivity contribution in [2.24, 2.45) is 0 Å². The van der Waals surface area contributed by atoms with Crippen LogP contribution < -0.4 is 4.74 Å². The molecule has 7 aromatic rings. The van der Waals surface area contributed by atoms with Crippen molar-refractivity contribution in [3.63, 3.8) is 0 Å². The fraction of sp³-hybridized carbons (Fsp3) is 0.273. The number of ether oxygens (including phenoxy) is 1. The first-order chi connectivity index (χ1) is 23.8. The zero-order valence-electron chi connectivity index (χ0n) is 29.7. The molecule has 0 aliphatic heterocycles. The standard InChI is InChI=1S/C44H44N4O.Pt/c1-7-12-31(5)39-22-30(4)23-40(32(6)13-8-2)44(39)33-27-46-47(28-33)34-14-11-15-35(25-34)49-36-18-19-38-37-16-9-10-17-41(37)48(42(38)26-36)43-24-29(3)20-21-45-43;/h9-11,14-24,27-28,31-32H,7-8,12-13H2,1-6H3;/q-2;+2. The second-order valence-electron chi connectivity index (χ2n) is 13.5. The van der Waals surface area contributed by atoms with Crippen LogP contribution in [-0.4, -0.2) is 19.3 Å². The molecule has 7 rings (SSSR count). The van der Waals surface area contributed by atoms with Crippen molar-refractivity contribution >= 4 is 21.8 Å². The predicted molar refractivity (Wildman–Crippen MR) is 201 cm³/mol. The van der Waals surface area contributed by atoms with Crippen LogP contribution in [-0.2, 0) is 21.1 Å². The Kier molecular flexibility index (Phi) is 10.7. The Morgan fingerprint density at radius 1 is 0.760 bits per heavy atom. The minimum atomic E-state index is 0. The first-order valence-corrected chi connectivity index (χ1v) is 17.6. The van der Waals surface area contributed by atoms with E-state index in [-0.39, 0.29) is 21.1 Å². The fourth-order valence-electron chi connectivity index (χ4n) is 7.28. The van der Waals surface area contributed by atoms with Gasteiger partial charge in [-0.15, -0.1) is 35.7 Å². The summed E-state index contributed by atoms with van der Waals surface area (Å²) in [5.74, 6) is 3.01. The third kappa shape index (κ3) is 6.94. The summed E-state index contributed by atoms with van der Waals surface area (Å²) >= 11 is 0. The molecule has 3 aromatic heterocycles. The molecular weight excluding hydrogens is 796 g/mol. The molecule has 0 amide bonds. The molecule has 5 nitrogen and oxygen atoms in total. The van der Waals surface area contributed by atoms with Crippen LogP contribution in [0.5, 0.6) is 11.5 Å². The number of rotatable bonds is 11. The molecule has 50 heavy (non-hydrogen) atoms. The average Bonchev–Trinajstić information content (AvgIpc) is 3.71. The van der Waals surface area contributed by atoms with Gasteiger partial charge in [-0.25, -0.2) is 4.98 Å². The van der Waals surface area contributed by atoms with Gasteiger partial charge in [-0.2, -0.15) is 17.2 Å². The molecule has 4 aromatic carbocycles. The van der Waals surface area contributed by atoms with Crippen molar-refractivity contribution < 1.29 is 25.8 Å². The molecule has 0 saturated heterocycles. The van der Waals surface area contributed by atoms with Crippen LogP contribution in [0, 0.1) is 26.0 Å². The van der Waals surface area contributed by atoms with E-state index < -0.39 is 0 Å². The van der Waals surface area contributed by atoms with Crippen LogP contribution in [0.25, 0.3) is 44.4 Å². The number of aromatic nitrogens is 4.